The number of hydrogen-bond acceptors (Lipinski definition) is 3. The van der Waals surface area contributed by atoms with Gasteiger partial charge in [0.05, 0.1) is 6.20 Å². The third-order valence-corrected chi connectivity index (χ3v) is 2.83. The molecule has 1 aromatic heterocycles. The zero-order valence-corrected chi connectivity index (χ0v) is 9.97. The first kappa shape index (κ1) is 11.5. The van der Waals surface area contributed by atoms with Gasteiger partial charge in [-0.3, -0.25) is 9.78 Å². The molecule has 1 heterocycles. The van der Waals surface area contributed by atoms with E-state index in [2.05, 4.69) is 9.97 Å². The molecule has 0 saturated heterocycles. The largest absolute Gasteiger partial charge is 0.292 e. The zero-order chi connectivity index (χ0) is 12.3. The topological polar surface area (TPSA) is 42.9 Å². The predicted octanol–water partition coefficient (Wildman–Crippen LogP) is 2.52. The standard InChI is InChI=1S/C14H14N2O/c1-10-4-3-5-11(2)12(10)8-14(17)13-9-15-6-7-16-13/h3-7,9H,8H2,1-2H3. The average Bonchev–Trinajstić information content (AvgIpc) is 2.35. The first-order valence-corrected chi connectivity index (χ1v) is 5.53. The van der Waals surface area contributed by atoms with Gasteiger partial charge in [0, 0.05) is 18.8 Å². The van der Waals surface area contributed by atoms with E-state index >= 15 is 0 Å². The summed E-state index contributed by atoms with van der Waals surface area (Å²) in [5, 5.41) is 0. The summed E-state index contributed by atoms with van der Waals surface area (Å²) >= 11 is 0. The van der Waals surface area contributed by atoms with Crippen molar-refractivity contribution >= 4 is 5.78 Å². The molecule has 0 aliphatic carbocycles. The van der Waals surface area contributed by atoms with Crippen LogP contribution < -0.4 is 0 Å². The lowest BCUT2D eigenvalue weighted by Gasteiger charge is -2.08. The fourth-order valence-electron chi connectivity index (χ4n) is 1.82. The maximum absolute atomic E-state index is 12.0. The summed E-state index contributed by atoms with van der Waals surface area (Å²) in [6, 6.07) is 6.04. The monoisotopic (exact) mass is 226 g/mol. The van der Waals surface area contributed by atoms with Crippen LogP contribution in [0.1, 0.15) is 27.2 Å². The van der Waals surface area contributed by atoms with Crippen molar-refractivity contribution in [1.29, 1.82) is 0 Å². The van der Waals surface area contributed by atoms with Crippen molar-refractivity contribution in [1.82, 2.24) is 9.97 Å². The Bertz CT molecular complexity index is 515. The fourth-order valence-corrected chi connectivity index (χ4v) is 1.82. The summed E-state index contributed by atoms with van der Waals surface area (Å²) in [7, 11) is 0. The molecule has 3 heteroatoms. The molecule has 2 rings (SSSR count). The number of aromatic nitrogens is 2. The lowest BCUT2D eigenvalue weighted by Crippen LogP contribution is -2.08. The van der Waals surface area contributed by atoms with Crippen molar-refractivity contribution in [2.45, 2.75) is 20.3 Å². The van der Waals surface area contributed by atoms with Crippen molar-refractivity contribution in [3.05, 3.63) is 59.2 Å². The molecule has 0 fully saturated rings. The highest BCUT2D eigenvalue weighted by atomic mass is 16.1. The first-order valence-electron chi connectivity index (χ1n) is 5.53. The van der Waals surface area contributed by atoms with Gasteiger partial charge in [-0.15, -0.1) is 0 Å². The zero-order valence-electron chi connectivity index (χ0n) is 9.97. The normalized spacial score (nSPS) is 10.2. The van der Waals surface area contributed by atoms with E-state index in [0.29, 0.717) is 12.1 Å². The Labute approximate surface area is 101 Å². The molecule has 0 N–H and O–H groups in total. The van der Waals surface area contributed by atoms with E-state index in [0.717, 1.165) is 16.7 Å². The molecule has 0 aliphatic rings. The molecule has 0 amide bonds. The van der Waals surface area contributed by atoms with Crippen LogP contribution in [0.3, 0.4) is 0 Å². The maximum Gasteiger partial charge on any atom is 0.187 e. The number of benzene rings is 1. The first-order chi connectivity index (χ1) is 8.18. The number of Topliss-reactive ketones (excluding diaryl/α,β-unsaturated/α-hetero) is 1. The van der Waals surface area contributed by atoms with Gasteiger partial charge >= 0.3 is 0 Å². The van der Waals surface area contributed by atoms with Crippen molar-refractivity contribution in [2.75, 3.05) is 0 Å². The number of ketones is 1. The molecule has 0 bridgehead atoms. The van der Waals surface area contributed by atoms with Gasteiger partial charge in [-0.2, -0.15) is 0 Å². The van der Waals surface area contributed by atoms with Crippen LogP contribution in [0.2, 0.25) is 0 Å². The van der Waals surface area contributed by atoms with Gasteiger partial charge in [-0.1, -0.05) is 18.2 Å². The van der Waals surface area contributed by atoms with E-state index in [-0.39, 0.29) is 5.78 Å². The van der Waals surface area contributed by atoms with Crippen LogP contribution in [-0.2, 0) is 6.42 Å². The predicted molar refractivity (Wildman–Crippen MR) is 66.0 cm³/mol. The third-order valence-electron chi connectivity index (χ3n) is 2.83. The number of rotatable bonds is 3. The molecule has 0 unspecified atom stereocenters. The molecular weight excluding hydrogens is 212 g/mol. The highest BCUT2D eigenvalue weighted by Crippen LogP contribution is 2.15. The van der Waals surface area contributed by atoms with Crippen LogP contribution in [0, 0.1) is 13.8 Å². The molecule has 17 heavy (non-hydrogen) atoms. The van der Waals surface area contributed by atoms with Gasteiger partial charge < -0.3 is 0 Å². The smallest absolute Gasteiger partial charge is 0.187 e. The Morgan fingerprint density at radius 3 is 2.47 bits per heavy atom. The second kappa shape index (κ2) is 4.87. The van der Waals surface area contributed by atoms with Crippen molar-refractivity contribution < 1.29 is 4.79 Å². The van der Waals surface area contributed by atoms with Crippen molar-refractivity contribution in [3.63, 3.8) is 0 Å². The average molecular weight is 226 g/mol. The van der Waals surface area contributed by atoms with Gasteiger partial charge in [-0.25, -0.2) is 4.98 Å². The van der Waals surface area contributed by atoms with Crippen LogP contribution in [0.5, 0.6) is 0 Å². The quantitative estimate of drug-likeness (QED) is 0.755. The van der Waals surface area contributed by atoms with Crippen LogP contribution in [0.15, 0.2) is 36.8 Å². The van der Waals surface area contributed by atoms with Gasteiger partial charge in [0.25, 0.3) is 0 Å². The second-order valence-electron chi connectivity index (χ2n) is 4.06. The summed E-state index contributed by atoms with van der Waals surface area (Å²) in [6.45, 7) is 4.04. The minimum absolute atomic E-state index is 0.00972. The fraction of sp³-hybridized carbons (Fsp3) is 0.214. The Kier molecular flexibility index (Phi) is 3.28. The second-order valence-corrected chi connectivity index (χ2v) is 4.06. The van der Waals surface area contributed by atoms with E-state index < -0.39 is 0 Å². The van der Waals surface area contributed by atoms with Gasteiger partial charge in [0.1, 0.15) is 5.69 Å². The summed E-state index contributed by atoms with van der Waals surface area (Å²) in [6.07, 6.45) is 5.00. The molecule has 0 saturated carbocycles. The van der Waals surface area contributed by atoms with E-state index in [1.807, 2.05) is 32.0 Å². The maximum atomic E-state index is 12.0. The number of nitrogens with zero attached hydrogens (tertiary/aromatic N) is 2. The van der Waals surface area contributed by atoms with Crippen LogP contribution in [0.25, 0.3) is 0 Å². The highest BCUT2D eigenvalue weighted by Gasteiger charge is 2.11. The van der Waals surface area contributed by atoms with Crippen LogP contribution in [0.4, 0.5) is 0 Å². The summed E-state index contributed by atoms with van der Waals surface area (Å²) in [5.74, 6) is 0.00972. The molecular formula is C14H14N2O. The number of hydrogen-bond donors (Lipinski definition) is 0. The van der Waals surface area contributed by atoms with E-state index in [1.54, 1.807) is 6.20 Å². The Morgan fingerprint density at radius 2 is 1.88 bits per heavy atom. The van der Waals surface area contributed by atoms with E-state index in [4.69, 9.17) is 0 Å². The molecule has 86 valence electrons. The van der Waals surface area contributed by atoms with E-state index in [9.17, 15) is 4.79 Å². The molecule has 0 spiro atoms. The third kappa shape index (κ3) is 2.56. The van der Waals surface area contributed by atoms with Gasteiger partial charge in [0.2, 0.25) is 0 Å². The molecule has 2 aromatic rings. The minimum atomic E-state index is 0.00972. The summed E-state index contributed by atoms with van der Waals surface area (Å²) in [4.78, 5) is 19.9. The summed E-state index contributed by atoms with van der Waals surface area (Å²) < 4.78 is 0. The minimum Gasteiger partial charge on any atom is -0.292 e. The Balaban J connectivity index is 2.25. The molecule has 0 aliphatic heterocycles. The van der Waals surface area contributed by atoms with Gasteiger partial charge in [-0.05, 0) is 30.5 Å². The Morgan fingerprint density at radius 1 is 1.18 bits per heavy atom. The van der Waals surface area contributed by atoms with Gasteiger partial charge in [0.15, 0.2) is 5.78 Å². The number of aryl methyl sites for hydroxylation is 2. The lowest BCUT2D eigenvalue weighted by atomic mass is 9.97. The van der Waals surface area contributed by atoms with Crippen LogP contribution >= 0.6 is 0 Å². The van der Waals surface area contributed by atoms with Crippen molar-refractivity contribution in [3.8, 4) is 0 Å². The van der Waals surface area contributed by atoms with Crippen molar-refractivity contribution in [2.24, 2.45) is 0 Å². The highest BCUT2D eigenvalue weighted by molar-refractivity contribution is 5.95. The van der Waals surface area contributed by atoms with Crippen LogP contribution in [-0.4, -0.2) is 15.8 Å². The summed E-state index contributed by atoms with van der Waals surface area (Å²) in [5.41, 5.74) is 3.79. The number of carbonyl (C=O) groups excluding carboxylic acids is 1. The molecule has 3 nitrogen and oxygen atoms in total. The molecule has 1 aromatic carbocycles. The SMILES string of the molecule is Cc1cccc(C)c1CC(=O)c1cnccn1. The molecule has 0 radical (unpaired) electrons. The molecule has 0 atom stereocenters. The number of carbonyl (C=O) groups is 1. The Hall–Kier alpha value is -2.03. The lowest BCUT2D eigenvalue weighted by molar-refractivity contribution is 0.0987. The van der Waals surface area contributed by atoms with E-state index in [1.165, 1.54) is 12.4 Å².